The Morgan fingerprint density at radius 2 is 2.16 bits per heavy atom. The smallest absolute Gasteiger partial charge is 0.119 e. The molecule has 192 valence electrons. The van der Waals surface area contributed by atoms with E-state index >= 15 is 0 Å². The Hall–Kier alpha value is -2.58. The number of rotatable bonds is 7. The van der Waals surface area contributed by atoms with Crippen molar-refractivity contribution in [3.05, 3.63) is 81.1 Å². The molecule has 4 atom stereocenters. The highest BCUT2D eigenvalue weighted by Crippen LogP contribution is 2.48. The summed E-state index contributed by atoms with van der Waals surface area (Å²) >= 11 is 8.18. The van der Waals surface area contributed by atoms with Crippen molar-refractivity contribution in [3.63, 3.8) is 0 Å². The highest BCUT2D eigenvalue weighted by molar-refractivity contribution is 7.98. The third-order valence-corrected chi connectivity index (χ3v) is 8.88. The van der Waals surface area contributed by atoms with Crippen LogP contribution in [0.4, 0.5) is 0 Å². The van der Waals surface area contributed by atoms with Crippen molar-refractivity contribution in [2.45, 2.75) is 44.5 Å². The van der Waals surface area contributed by atoms with Gasteiger partial charge in [-0.1, -0.05) is 35.9 Å². The van der Waals surface area contributed by atoms with Gasteiger partial charge in [0.15, 0.2) is 0 Å². The van der Waals surface area contributed by atoms with Crippen molar-refractivity contribution in [1.29, 1.82) is 0 Å². The number of pyridine rings is 1. The molecule has 1 saturated heterocycles. The molecule has 1 aromatic heterocycles. The molecule has 3 aliphatic rings. The van der Waals surface area contributed by atoms with Crippen LogP contribution in [0.3, 0.4) is 0 Å². The molecule has 0 radical (unpaired) electrons. The Morgan fingerprint density at radius 3 is 3.00 bits per heavy atom. The second-order valence-corrected chi connectivity index (χ2v) is 11.2. The van der Waals surface area contributed by atoms with E-state index in [1.54, 1.807) is 25.3 Å². The summed E-state index contributed by atoms with van der Waals surface area (Å²) in [5.41, 5.74) is 4.10. The van der Waals surface area contributed by atoms with Gasteiger partial charge in [0.25, 0.3) is 0 Å². The number of hydrogen-bond acceptors (Lipinski definition) is 7. The third kappa shape index (κ3) is 4.63. The van der Waals surface area contributed by atoms with Gasteiger partial charge < -0.3 is 20.1 Å². The molecule has 3 heterocycles. The molecule has 2 aliphatic heterocycles. The molecular weight excluding hydrogens is 504 g/mol. The molecule has 0 spiro atoms. The number of aliphatic hydroxyl groups is 1. The summed E-state index contributed by atoms with van der Waals surface area (Å²) in [5.74, 6) is 2.20. The molecule has 37 heavy (non-hydrogen) atoms. The van der Waals surface area contributed by atoms with Crippen LogP contribution in [0.1, 0.15) is 37.0 Å². The van der Waals surface area contributed by atoms with E-state index in [2.05, 4.69) is 56.9 Å². The topological polar surface area (TPSA) is 70.0 Å². The maximum atomic E-state index is 11.4. The second-order valence-electron chi connectivity index (χ2n) is 9.99. The SMILES string of the molecule is C/C=C1\C2CC(NCc3ccc4c(c3)=NSCC=4)CC2N1CC(O)c1c(Cl)cnc2ccc(OC)cc12. The van der Waals surface area contributed by atoms with Crippen LogP contribution in [0, 0.1) is 5.92 Å². The van der Waals surface area contributed by atoms with E-state index in [-0.39, 0.29) is 0 Å². The number of aliphatic hydroxyl groups excluding tert-OH is 1. The van der Waals surface area contributed by atoms with Crippen molar-refractivity contribution in [2.24, 2.45) is 10.3 Å². The number of aromatic nitrogens is 1. The number of likely N-dealkylation sites (tertiary alicyclic amines) is 1. The van der Waals surface area contributed by atoms with Gasteiger partial charge in [-0.2, -0.15) is 0 Å². The fourth-order valence-electron chi connectivity index (χ4n) is 6.15. The quantitative estimate of drug-likeness (QED) is 0.444. The molecule has 2 fully saturated rings. The van der Waals surface area contributed by atoms with E-state index in [1.807, 2.05) is 18.2 Å². The molecule has 6 rings (SSSR count). The number of allylic oxidation sites excluding steroid dienone is 1. The van der Waals surface area contributed by atoms with Gasteiger partial charge in [-0.3, -0.25) is 4.98 Å². The number of hydrogen-bond donors (Lipinski definition) is 2. The highest BCUT2D eigenvalue weighted by atomic mass is 35.5. The van der Waals surface area contributed by atoms with Crippen LogP contribution < -0.4 is 20.6 Å². The number of β-amino-alcohol motifs (C(OH)–C–C–N with tert-alkyl or cyclic N) is 1. The van der Waals surface area contributed by atoms with E-state index < -0.39 is 6.10 Å². The standard InChI is InChI=1S/C29H31ClN4O2S/c1-3-26-22-11-19(31-14-17-4-5-18-8-9-37-33-25(18)10-17)12-27(22)34(26)16-28(35)29-21-13-20(36-2)6-7-24(21)32-15-23(29)30/h3-8,10,13,15,19,22,27-28,31,35H,9,11-12,14,16H2,1-2H3/b26-3+. The Kier molecular flexibility index (Phi) is 6.88. The fourth-order valence-corrected chi connectivity index (χ4v) is 7.05. The van der Waals surface area contributed by atoms with Gasteiger partial charge in [-0.05, 0) is 66.8 Å². The Balaban J connectivity index is 1.15. The third-order valence-electron chi connectivity index (χ3n) is 7.94. The minimum absolute atomic E-state index is 0.421. The molecule has 6 nitrogen and oxygen atoms in total. The van der Waals surface area contributed by atoms with Crippen molar-refractivity contribution < 1.29 is 9.84 Å². The summed E-state index contributed by atoms with van der Waals surface area (Å²) in [7, 11) is 1.64. The van der Waals surface area contributed by atoms with E-state index in [0.717, 1.165) is 47.1 Å². The number of nitrogens with one attached hydrogen (secondary N) is 1. The minimum atomic E-state index is -0.734. The molecule has 1 saturated carbocycles. The predicted molar refractivity (Wildman–Crippen MR) is 150 cm³/mol. The zero-order chi connectivity index (χ0) is 25.5. The Morgan fingerprint density at radius 1 is 1.27 bits per heavy atom. The lowest BCUT2D eigenvalue weighted by Crippen LogP contribution is -2.52. The molecule has 2 aromatic carbocycles. The summed E-state index contributed by atoms with van der Waals surface area (Å²) in [6, 6.07) is 13.1. The van der Waals surface area contributed by atoms with Crippen molar-refractivity contribution >= 4 is 40.5 Å². The fraction of sp³-hybridized carbons (Fsp3) is 0.379. The van der Waals surface area contributed by atoms with Crippen molar-refractivity contribution in [2.75, 3.05) is 19.4 Å². The average molecular weight is 535 g/mol. The molecule has 0 amide bonds. The van der Waals surface area contributed by atoms with E-state index in [0.29, 0.717) is 35.1 Å². The number of methoxy groups -OCH3 is 1. The van der Waals surface area contributed by atoms with Gasteiger partial charge in [0.05, 0.1) is 29.1 Å². The minimum Gasteiger partial charge on any atom is -0.497 e. The first-order valence-corrected chi connectivity index (χ1v) is 14.1. The molecule has 4 unspecified atom stereocenters. The number of ether oxygens (including phenoxy) is 1. The van der Waals surface area contributed by atoms with E-state index in [9.17, 15) is 5.11 Å². The van der Waals surface area contributed by atoms with E-state index in [4.69, 9.17) is 16.3 Å². The van der Waals surface area contributed by atoms with Gasteiger partial charge in [-0.25, -0.2) is 4.40 Å². The van der Waals surface area contributed by atoms with Crippen LogP contribution in [0.15, 0.2) is 58.8 Å². The first-order chi connectivity index (χ1) is 18.1. The normalized spacial score (nSPS) is 24.2. The van der Waals surface area contributed by atoms with Crippen LogP contribution >= 0.6 is 23.5 Å². The number of halogens is 1. The van der Waals surface area contributed by atoms with Crippen LogP contribution in [-0.4, -0.2) is 46.5 Å². The molecule has 0 bridgehead atoms. The summed E-state index contributed by atoms with van der Waals surface area (Å²) in [6.07, 6.45) is 7.51. The molecule has 1 aliphatic carbocycles. The summed E-state index contributed by atoms with van der Waals surface area (Å²) in [5, 5.41) is 18.8. The van der Waals surface area contributed by atoms with Crippen LogP contribution in [0.2, 0.25) is 5.02 Å². The monoisotopic (exact) mass is 534 g/mol. The Labute approximate surface area is 226 Å². The van der Waals surface area contributed by atoms with Crippen LogP contribution in [0.25, 0.3) is 17.0 Å². The van der Waals surface area contributed by atoms with Crippen LogP contribution in [-0.2, 0) is 6.54 Å². The van der Waals surface area contributed by atoms with Gasteiger partial charge in [0, 0.05) is 59.7 Å². The van der Waals surface area contributed by atoms with Gasteiger partial charge in [0.1, 0.15) is 5.75 Å². The van der Waals surface area contributed by atoms with Crippen LogP contribution in [0.5, 0.6) is 5.75 Å². The highest BCUT2D eigenvalue weighted by Gasteiger charge is 2.49. The number of benzene rings is 2. The molecular formula is C29H31ClN4O2S. The van der Waals surface area contributed by atoms with Crippen molar-refractivity contribution in [3.8, 4) is 5.75 Å². The molecule has 3 aromatic rings. The zero-order valence-corrected chi connectivity index (χ0v) is 22.6. The maximum Gasteiger partial charge on any atom is 0.119 e. The van der Waals surface area contributed by atoms with Gasteiger partial charge >= 0.3 is 0 Å². The first kappa shape index (κ1) is 24.7. The largest absolute Gasteiger partial charge is 0.497 e. The number of nitrogens with zero attached hydrogens (tertiary/aromatic N) is 3. The number of fused-ring (bicyclic) bond motifs is 3. The average Bonchev–Trinajstić information content (AvgIpc) is 3.29. The molecule has 8 heteroatoms. The summed E-state index contributed by atoms with van der Waals surface area (Å²) in [4.78, 5) is 6.80. The second kappa shape index (κ2) is 10.3. The lowest BCUT2D eigenvalue weighted by Gasteiger charge is -2.50. The van der Waals surface area contributed by atoms with Gasteiger partial charge in [0.2, 0.25) is 0 Å². The van der Waals surface area contributed by atoms with Gasteiger partial charge in [-0.15, -0.1) is 0 Å². The summed E-state index contributed by atoms with van der Waals surface area (Å²) in [6.45, 7) is 3.44. The summed E-state index contributed by atoms with van der Waals surface area (Å²) < 4.78 is 9.99. The lowest BCUT2D eigenvalue weighted by molar-refractivity contribution is 0.0447. The maximum absolute atomic E-state index is 11.4. The molecule has 2 N–H and O–H groups in total. The Bertz CT molecular complexity index is 1490. The zero-order valence-electron chi connectivity index (χ0n) is 21.0. The first-order valence-electron chi connectivity index (χ1n) is 12.8. The lowest BCUT2D eigenvalue weighted by atomic mass is 9.86. The predicted octanol–water partition coefficient (Wildman–Crippen LogP) is 4.15. The van der Waals surface area contributed by atoms with Crippen molar-refractivity contribution in [1.82, 2.24) is 15.2 Å². The van der Waals surface area contributed by atoms with E-state index in [1.165, 1.54) is 16.5 Å².